The van der Waals surface area contributed by atoms with Crippen LogP contribution in [-0.2, 0) is 10.0 Å². The van der Waals surface area contributed by atoms with E-state index in [1.807, 2.05) is 12.1 Å². The highest BCUT2D eigenvalue weighted by molar-refractivity contribution is 7.92. The molecule has 0 amide bonds. The predicted octanol–water partition coefficient (Wildman–Crippen LogP) is 4.26. The van der Waals surface area contributed by atoms with Gasteiger partial charge in [-0.05, 0) is 35.9 Å². The van der Waals surface area contributed by atoms with Gasteiger partial charge in [0.2, 0.25) is 0 Å². The first-order valence-electron chi connectivity index (χ1n) is 6.33. The summed E-state index contributed by atoms with van der Waals surface area (Å²) in [6.07, 6.45) is 1.45. The first-order chi connectivity index (χ1) is 10.5. The van der Waals surface area contributed by atoms with Gasteiger partial charge < -0.3 is 0 Å². The van der Waals surface area contributed by atoms with E-state index in [4.69, 9.17) is 11.6 Å². The predicted molar refractivity (Wildman–Crippen MR) is 89.8 cm³/mol. The molecule has 0 atom stereocenters. The average molecular weight is 351 g/mol. The molecule has 0 unspecified atom stereocenters. The van der Waals surface area contributed by atoms with E-state index in [0.717, 1.165) is 10.4 Å². The van der Waals surface area contributed by atoms with Crippen molar-refractivity contribution in [2.24, 2.45) is 0 Å². The molecule has 3 aromatic rings. The third-order valence-corrected chi connectivity index (χ3v) is 5.42. The fourth-order valence-corrected chi connectivity index (χ4v) is 3.91. The molecule has 22 heavy (non-hydrogen) atoms. The van der Waals surface area contributed by atoms with Gasteiger partial charge in [-0.25, -0.2) is 4.98 Å². The number of nitrogens with one attached hydrogen (secondary N) is 1. The largest absolute Gasteiger partial charge is 0.279 e. The molecule has 3 rings (SSSR count). The van der Waals surface area contributed by atoms with Gasteiger partial charge in [-0.1, -0.05) is 29.8 Å². The summed E-state index contributed by atoms with van der Waals surface area (Å²) in [6.45, 7) is 0. The van der Waals surface area contributed by atoms with Crippen molar-refractivity contribution in [2.75, 3.05) is 4.72 Å². The number of pyridine rings is 1. The Morgan fingerprint density at radius 1 is 1.09 bits per heavy atom. The summed E-state index contributed by atoms with van der Waals surface area (Å²) in [7, 11) is -3.66. The number of thiophene rings is 1. The second-order valence-corrected chi connectivity index (χ2v) is 7.46. The number of halogens is 1. The monoisotopic (exact) mass is 350 g/mol. The second kappa shape index (κ2) is 6.08. The van der Waals surface area contributed by atoms with Gasteiger partial charge in [0, 0.05) is 21.5 Å². The Kier molecular flexibility index (Phi) is 4.15. The fraction of sp³-hybridized carbons (Fsp3) is 0. The molecule has 0 saturated heterocycles. The van der Waals surface area contributed by atoms with Crippen molar-refractivity contribution in [3.05, 3.63) is 65.1 Å². The summed E-state index contributed by atoms with van der Waals surface area (Å²) in [5, 5.41) is 2.41. The van der Waals surface area contributed by atoms with Gasteiger partial charge >= 0.3 is 0 Å². The molecule has 2 heterocycles. The molecule has 1 N–H and O–H groups in total. The van der Waals surface area contributed by atoms with Gasteiger partial charge in [0.15, 0.2) is 5.03 Å². The first-order valence-corrected chi connectivity index (χ1v) is 9.07. The lowest BCUT2D eigenvalue weighted by molar-refractivity contribution is 0.597. The highest BCUT2D eigenvalue weighted by Crippen LogP contribution is 2.31. The van der Waals surface area contributed by atoms with Crippen LogP contribution in [0.5, 0.6) is 0 Å². The Bertz CT molecular complexity index is 875. The van der Waals surface area contributed by atoms with E-state index in [1.54, 1.807) is 35.7 Å². The SMILES string of the molecule is O=S(=O)(Nc1csc(-c2ccc(Cl)cc2)c1)c1ccccn1. The minimum Gasteiger partial charge on any atom is -0.277 e. The Morgan fingerprint density at radius 2 is 1.86 bits per heavy atom. The molecule has 7 heteroatoms. The number of sulfonamides is 1. The summed E-state index contributed by atoms with van der Waals surface area (Å²) in [5.41, 5.74) is 1.50. The van der Waals surface area contributed by atoms with Crippen LogP contribution < -0.4 is 4.72 Å². The lowest BCUT2D eigenvalue weighted by Gasteiger charge is -2.04. The van der Waals surface area contributed by atoms with Crippen molar-refractivity contribution < 1.29 is 8.42 Å². The van der Waals surface area contributed by atoms with E-state index < -0.39 is 10.0 Å². The quantitative estimate of drug-likeness (QED) is 0.764. The normalized spacial score (nSPS) is 11.3. The number of anilines is 1. The van der Waals surface area contributed by atoms with E-state index >= 15 is 0 Å². The van der Waals surface area contributed by atoms with Gasteiger partial charge in [0.05, 0.1) is 5.69 Å². The fourth-order valence-electron chi connectivity index (χ4n) is 1.87. The third kappa shape index (κ3) is 3.30. The number of hydrogen-bond acceptors (Lipinski definition) is 4. The van der Waals surface area contributed by atoms with Crippen LogP contribution >= 0.6 is 22.9 Å². The van der Waals surface area contributed by atoms with E-state index in [1.165, 1.54) is 23.6 Å². The van der Waals surface area contributed by atoms with E-state index in [-0.39, 0.29) is 5.03 Å². The van der Waals surface area contributed by atoms with Crippen molar-refractivity contribution in [3.8, 4) is 10.4 Å². The minimum absolute atomic E-state index is 0.00533. The Hall–Kier alpha value is -1.89. The molecular formula is C15H11ClN2O2S2. The third-order valence-electron chi connectivity index (χ3n) is 2.89. The summed E-state index contributed by atoms with van der Waals surface area (Å²) < 4.78 is 26.9. The molecular weight excluding hydrogens is 340 g/mol. The van der Waals surface area contributed by atoms with Crippen LogP contribution in [0.15, 0.2) is 65.1 Å². The Balaban J connectivity index is 1.84. The summed E-state index contributed by atoms with van der Waals surface area (Å²) in [5.74, 6) is 0. The lowest BCUT2D eigenvalue weighted by Crippen LogP contribution is -2.13. The van der Waals surface area contributed by atoms with Crippen LogP contribution in [0.2, 0.25) is 5.02 Å². The zero-order chi connectivity index (χ0) is 15.6. The number of aromatic nitrogens is 1. The summed E-state index contributed by atoms with van der Waals surface area (Å²) in [4.78, 5) is 4.81. The smallest absolute Gasteiger partial charge is 0.277 e. The average Bonchev–Trinajstić information content (AvgIpc) is 2.97. The van der Waals surface area contributed by atoms with E-state index in [0.29, 0.717) is 10.7 Å². The maximum atomic E-state index is 12.2. The highest BCUT2D eigenvalue weighted by Gasteiger charge is 2.16. The molecule has 0 saturated carbocycles. The summed E-state index contributed by atoms with van der Waals surface area (Å²) in [6, 6.07) is 13.9. The van der Waals surface area contributed by atoms with E-state index in [2.05, 4.69) is 9.71 Å². The lowest BCUT2D eigenvalue weighted by atomic mass is 10.2. The maximum Gasteiger partial charge on any atom is 0.279 e. The standard InChI is InChI=1S/C15H11ClN2O2S2/c16-12-6-4-11(5-7-12)14-9-13(10-21-14)18-22(19,20)15-3-1-2-8-17-15/h1-10,18H. The van der Waals surface area contributed by atoms with Gasteiger partial charge in [0.1, 0.15) is 0 Å². The molecule has 4 nitrogen and oxygen atoms in total. The molecule has 0 aliphatic heterocycles. The molecule has 1 aromatic carbocycles. The molecule has 0 aliphatic carbocycles. The van der Waals surface area contributed by atoms with Crippen LogP contribution in [-0.4, -0.2) is 13.4 Å². The Morgan fingerprint density at radius 3 is 2.55 bits per heavy atom. The van der Waals surface area contributed by atoms with Crippen molar-refractivity contribution in [1.29, 1.82) is 0 Å². The van der Waals surface area contributed by atoms with Crippen molar-refractivity contribution in [1.82, 2.24) is 4.98 Å². The molecule has 0 aliphatic rings. The zero-order valence-electron chi connectivity index (χ0n) is 11.2. The number of nitrogens with zero attached hydrogens (tertiary/aromatic N) is 1. The molecule has 0 radical (unpaired) electrons. The number of rotatable bonds is 4. The minimum atomic E-state index is -3.66. The maximum absolute atomic E-state index is 12.2. The number of hydrogen-bond donors (Lipinski definition) is 1. The molecule has 0 spiro atoms. The summed E-state index contributed by atoms with van der Waals surface area (Å²) >= 11 is 7.32. The van der Waals surface area contributed by atoms with Gasteiger partial charge in [-0.2, -0.15) is 8.42 Å². The number of benzene rings is 1. The molecule has 112 valence electrons. The van der Waals surface area contributed by atoms with Crippen molar-refractivity contribution in [3.63, 3.8) is 0 Å². The van der Waals surface area contributed by atoms with Gasteiger partial charge in [0.25, 0.3) is 10.0 Å². The van der Waals surface area contributed by atoms with Crippen molar-refractivity contribution in [2.45, 2.75) is 5.03 Å². The first kappa shape index (κ1) is 15.0. The van der Waals surface area contributed by atoms with Crippen LogP contribution in [0.25, 0.3) is 10.4 Å². The highest BCUT2D eigenvalue weighted by atomic mass is 35.5. The van der Waals surface area contributed by atoms with Crippen molar-refractivity contribution >= 4 is 38.6 Å². The van der Waals surface area contributed by atoms with Crippen LogP contribution in [0, 0.1) is 0 Å². The molecule has 0 bridgehead atoms. The van der Waals surface area contributed by atoms with Gasteiger partial charge in [-0.3, -0.25) is 4.72 Å². The Labute approximate surface area is 137 Å². The molecule has 0 fully saturated rings. The van der Waals surface area contributed by atoms with Crippen LogP contribution in [0.3, 0.4) is 0 Å². The van der Waals surface area contributed by atoms with Gasteiger partial charge in [-0.15, -0.1) is 11.3 Å². The second-order valence-electron chi connectivity index (χ2n) is 4.48. The zero-order valence-corrected chi connectivity index (χ0v) is 13.6. The van der Waals surface area contributed by atoms with Crippen LogP contribution in [0.1, 0.15) is 0 Å². The van der Waals surface area contributed by atoms with Crippen LogP contribution in [0.4, 0.5) is 5.69 Å². The molecule has 2 aromatic heterocycles. The van der Waals surface area contributed by atoms with E-state index in [9.17, 15) is 8.42 Å². The topological polar surface area (TPSA) is 59.1 Å².